The molecule has 3 aliphatic carbocycles. The summed E-state index contributed by atoms with van der Waals surface area (Å²) >= 11 is 0. The maximum Gasteiger partial charge on any atom is 0.146 e. The SMILES string of the molecule is CC(C)=CC1C[C@H](C)[C@]2(CC[C@]3(C)C[C@H]4[C@H](C(=O)C[C@@]4(C)O)/C(C=O)=C\C[C@H]32)O1. The second kappa shape index (κ2) is 6.88. The van der Waals surface area contributed by atoms with E-state index in [2.05, 4.69) is 33.8 Å². The zero-order chi connectivity index (χ0) is 21.2. The van der Waals surface area contributed by atoms with Gasteiger partial charge in [0.05, 0.1) is 23.2 Å². The van der Waals surface area contributed by atoms with Gasteiger partial charge in [0, 0.05) is 12.3 Å². The first-order chi connectivity index (χ1) is 13.5. The lowest BCUT2D eigenvalue weighted by molar-refractivity contribution is -0.122. The van der Waals surface area contributed by atoms with E-state index in [0.29, 0.717) is 17.4 Å². The standard InChI is InChI=1S/C25H36O4/c1-15(2)10-18-11-16(3)25(29-18)9-8-23(4)12-19-22(20(27)13-24(19,5)28)17(14-26)6-7-21(23)25/h6,10,14,16,18-19,21-22,28H,7-9,11-13H2,1-5H3/b17-6-/t16-,18?,19-,21+,22+,23+,24+,25-/m0/s1. The van der Waals surface area contributed by atoms with Gasteiger partial charge in [0.2, 0.25) is 0 Å². The van der Waals surface area contributed by atoms with Crippen LogP contribution in [0.5, 0.6) is 0 Å². The third-order valence-corrected chi connectivity index (χ3v) is 8.68. The highest BCUT2D eigenvalue weighted by atomic mass is 16.5. The Morgan fingerprint density at radius 2 is 2.00 bits per heavy atom. The highest BCUT2D eigenvalue weighted by molar-refractivity contribution is 5.94. The molecule has 29 heavy (non-hydrogen) atoms. The zero-order valence-electron chi connectivity index (χ0n) is 18.5. The number of fused-ring (bicyclic) bond motifs is 3. The summed E-state index contributed by atoms with van der Waals surface area (Å²) in [6, 6.07) is 0. The number of allylic oxidation sites excluding steroid dienone is 3. The molecule has 0 amide bonds. The predicted octanol–water partition coefficient (Wildman–Crippen LogP) is 4.41. The maximum absolute atomic E-state index is 12.7. The number of carbonyl (C=O) groups is 2. The molecule has 1 saturated heterocycles. The van der Waals surface area contributed by atoms with Crippen molar-refractivity contribution in [3.8, 4) is 0 Å². The van der Waals surface area contributed by atoms with Gasteiger partial charge in [0.25, 0.3) is 0 Å². The molecule has 0 aromatic rings. The number of ketones is 1. The quantitative estimate of drug-likeness (QED) is 0.551. The van der Waals surface area contributed by atoms with Crippen molar-refractivity contribution < 1.29 is 19.4 Å². The predicted molar refractivity (Wildman–Crippen MR) is 112 cm³/mol. The monoisotopic (exact) mass is 400 g/mol. The lowest BCUT2D eigenvalue weighted by atomic mass is 9.62. The van der Waals surface area contributed by atoms with E-state index in [1.54, 1.807) is 6.92 Å². The number of rotatable bonds is 2. The number of carbonyl (C=O) groups excluding carboxylic acids is 2. The molecule has 1 unspecified atom stereocenters. The maximum atomic E-state index is 12.7. The van der Waals surface area contributed by atoms with Crippen LogP contribution in [0, 0.1) is 29.1 Å². The van der Waals surface area contributed by atoms with Crippen LogP contribution in [-0.2, 0) is 14.3 Å². The molecule has 1 N–H and O–H groups in total. The van der Waals surface area contributed by atoms with E-state index in [-0.39, 0.29) is 35.2 Å². The molecule has 1 heterocycles. The van der Waals surface area contributed by atoms with Gasteiger partial charge < -0.3 is 9.84 Å². The van der Waals surface area contributed by atoms with Crippen molar-refractivity contribution in [2.75, 3.05) is 0 Å². The van der Waals surface area contributed by atoms with Gasteiger partial charge >= 0.3 is 0 Å². The van der Waals surface area contributed by atoms with Crippen molar-refractivity contribution >= 4 is 12.1 Å². The average Bonchev–Trinajstić information content (AvgIpc) is 3.12. The Bertz CT molecular complexity index is 774. The first-order valence-corrected chi connectivity index (χ1v) is 11.3. The smallest absolute Gasteiger partial charge is 0.146 e. The van der Waals surface area contributed by atoms with Crippen LogP contribution in [0.3, 0.4) is 0 Å². The minimum absolute atomic E-state index is 0.00341. The molecular formula is C25H36O4. The van der Waals surface area contributed by atoms with Crippen LogP contribution in [-0.4, -0.2) is 34.5 Å². The molecule has 4 heteroatoms. The highest BCUT2D eigenvalue weighted by Gasteiger charge is 2.63. The number of Topliss-reactive ketones (excluding diaryl/α,β-unsaturated/α-hetero) is 1. The summed E-state index contributed by atoms with van der Waals surface area (Å²) in [5, 5.41) is 11.1. The Morgan fingerprint density at radius 1 is 1.28 bits per heavy atom. The largest absolute Gasteiger partial charge is 0.389 e. The normalized spacial score (nSPS) is 51.0. The molecule has 160 valence electrons. The molecule has 1 spiro atoms. The Hall–Kier alpha value is -1.26. The molecule has 0 aromatic heterocycles. The molecule has 4 nitrogen and oxygen atoms in total. The fraction of sp³-hybridized carbons (Fsp3) is 0.760. The topological polar surface area (TPSA) is 63.6 Å². The van der Waals surface area contributed by atoms with Crippen LogP contribution in [0.4, 0.5) is 0 Å². The van der Waals surface area contributed by atoms with Crippen molar-refractivity contribution in [2.45, 2.75) is 90.4 Å². The Labute approximate surface area is 174 Å². The van der Waals surface area contributed by atoms with Gasteiger partial charge in [-0.1, -0.05) is 31.6 Å². The number of hydrogen-bond donors (Lipinski definition) is 1. The summed E-state index contributed by atoms with van der Waals surface area (Å²) in [4.78, 5) is 24.6. The van der Waals surface area contributed by atoms with E-state index in [1.807, 2.05) is 6.08 Å². The fourth-order valence-corrected chi connectivity index (χ4v) is 7.28. The van der Waals surface area contributed by atoms with Gasteiger partial charge in [-0.15, -0.1) is 0 Å². The Kier molecular flexibility index (Phi) is 4.98. The van der Waals surface area contributed by atoms with Crippen molar-refractivity contribution in [1.82, 2.24) is 0 Å². The molecule has 4 aliphatic rings. The third kappa shape index (κ3) is 3.18. The number of aliphatic hydroxyl groups is 1. The van der Waals surface area contributed by atoms with E-state index in [1.165, 1.54) is 5.57 Å². The lowest BCUT2D eigenvalue weighted by Crippen LogP contribution is -2.46. The minimum Gasteiger partial charge on any atom is -0.389 e. The number of ether oxygens (including phenoxy) is 1. The van der Waals surface area contributed by atoms with Crippen molar-refractivity contribution in [3.05, 3.63) is 23.3 Å². The molecule has 1 aliphatic heterocycles. The van der Waals surface area contributed by atoms with E-state index < -0.39 is 11.5 Å². The van der Waals surface area contributed by atoms with E-state index in [0.717, 1.165) is 38.4 Å². The lowest BCUT2D eigenvalue weighted by Gasteiger charge is -2.45. The highest BCUT2D eigenvalue weighted by Crippen LogP contribution is 2.64. The number of aldehydes is 1. The third-order valence-electron chi connectivity index (χ3n) is 8.68. The van der Waals surface area contributed by atoms with E-state index >= 15 is 0 Å². The van der Waals surface area contributed by atoms with Crippen molar-refractivity contribution in [1.29, 1.82) is 0 Å². The summed E-state index contributed by atoms with van der Waals surface area (Å²) in [7, 11) is 0. The van der Waals surface area contributed by atoms with Gasteiger partial charge in [0.1, 0.15) is 12.1 Å². The first kappa shape index (κ1) is 21.0. The molecule has 8 atom stereocenters. The van der Waals surface area contributed by atoms with Crippen LogP contribution in [0.15, 0.2) is 23.3 Å². The van der Waals surface area contributed by atoms with Gasteiger partial charge in [-0.2, -0.15) is 0 Å². The molecule has 3 fully saturated rings. The summed E-state index contributed by atoms with van der Waals surface area (Å²) in [6.07, 6.45) is 10.0. The van der Waals surface area contributed by atoms with E-state index in [4.69, 9.17) is 4.74 Å². The van der Waals surface area contributed by atoms with Gasteiger partial charge in [-0.25, -0.2) is 0 Å². The summed E-state index contributed by atoms with van der Waals surface area (Å²) in [6.45, 7) is 10.7. The van der Waals surface area contributed by atoms with Crippen LogP contribution in [0.1, 0.15) is 73.1 Å². The average molecular weight is 401 g/mol. The molecule has 2 saturated carbocycles. The van der Waals surface area contributed by atoms with Gasteiger partial charge in [-0.05, 0) is 75.7 Å². The molecular weight excluding hydrogens is 364 g/mol. The van der Waals surface area contributed by atoms with Crippen molar-refractivity contribution in [2.24, 2.45) is 29.1 Å². The Morgan fingerprint density at radius 3 is 2.66 bits per heavy atom. The fourth-order valence-electron chi connectivity index (χ4n) is 7.28. The summed E-state index contributed by atoms with van der Waals surface area (Å²) in [5.41, 5.74) is 0.628. The summed E-state index contributed by atoms with van der Waals surface area (Å²) in [5.74, 6) is 0.117. The van der Waals surface area contributed by atoms with Crippen LogP contribution in [0.25, 0.3) is 0 Å². The van der Waals surface area contributed by atoms with Crippen molar-refractivity contribution in [3.63, 3.8) is 0 Å². The molecule has 0 bridgehead atoms. The first-order valence-electron chi connectivity index (χ1n) is 11.3. The van der Waals surface area contributed by atoms with Gasteiger partial charge in [0.15, 0.2) is 0 Å². The Balaban J connectivity index is 1.74. The molecule has 0 aromatic carbocycles. The molecule has 4 rings (SSSR count). The van der Waals surface area contributed by atoms with Gasteiger partial charge in [-0.3, -0.25) is 9.59 Å². The second-order valence-corrected chi connectivity index (χ2v) is 11.0. The van der Waals surface area contributed by atoms with E-state index in [9.17, 15) is 14.7 Å². The van der Waals surface area contributed by atoms with Crippen LogP contribution in [0.2, 0.25) is 0 Å². The van der Waals surface area contributed by atoms with Crippen LogP contribution >= 0.6 is 0 Å². The van der Waals surface area contributed by atoms with Crippen LogP contribution < -0.4 is 0 Å². The second-order valence-electron chi connectivity index (χ2n) is 11.0. The zero-order valence-corrected chi connectivity index (χ0v) is 18.5. The molecule has 0 radical (unpaired) electrons. The summed E-state index contributed by atoms with van der Waals surface area (Å²) < 4.78 is 6.79. The minimum atomic E-state index is -1.04. The number of hydrogen-bond acceptors (Lipinski definition) is 4.